The highest BCUT2D eigenvalue weighted by atomic mass is 16.3. The first-order chi connectivity index (χ1) is 16.9. The van der Waals surface area contributed by atoms with Crippen LogP contribution < -0.4 is 0 Å². The smallest absolute Gasteiger partial charge is 0.159 e. The van der Waals surface area contributed by atoms with Crippen molar-refractivity contribution in [3.05, 3.63) is 94.0 Å². The minimum absolute atomic E-state index is 0.0456. The first-order valence-electron chi connectivity index (χ1n) is 13.4. The number of aliphatic hydroxyl groups excluding tert-OH is 1. The molecule has 0 radical (unpaired) electrons. The molecular formula is C34H44O2. The third kappa shape index (κ3) is 5.81. The average Bonchev–Trinajstić information content (AvgIpc) is 2.84. The quantitative estimate of drug-likeness (QED) is 0.309. The molecule has 0 amide bonds. The molecule has 0 aliphatic carbocycles. The van der Waals surface area contributed by atoms with E-state index in [4.69, 9.17) is 0 Å². The maximum Gasteiger partial charge on any atom is 0.159 e. The third-order valence-corrected chi connectivity index (χ3v) is 8.17. The van der Waals surface area contributed by atoms with Gasteiger partial charge in [0, 0.05) is 11.0 Å². The molecule has 3 aromatic carbocycles. The molecule has 3 rings (SSSR count). The fraction of sp³-hybridized carbons (Fsp3) is 0.441. The number of Topliss-reactive ketones (excluding diaryl/α,β-unsaturated/α-hetero) is 1. The predicted molar refractivity (Wildman–Crippen MR) is 153 cm³/mol. The van der Waals surface area contributed by atoms with Crippen LogP contribution in [0, 0.1) is 19.3 Å². The van der Waals surface area contributed by atoms with Gasteiger partial charge in [-0.2, -0.15) is 0 Å². The number of benzene rings is 3. The number of hydrogen-bond acceptors (Lipinski definition) is 2. The summed E-state index contributed by atoms with van der Waals surface area (Å²) in [6, 6.07) is 21.8. The van der Waals surface area contributed by atoms with E-state index in [2.05, 4.69) is 84.9 Å². The second-order valence-corrected chi connectivity index (χ2v) is 11.5. The fourth-order valence-electron chi connectivity index (χ4n) is 5.40. The second-order valence-electron chi connectivity index (χ2n) is 11.5. The molecule has 0 aromatic heterocycles. The van der Waals surface area contributed by atoms with Crippen LogP contribution in [0.15, 0.2) is 60.7 Å². The lowest BCUT2D eigenvalue weighted by Gasteiger charge is -2.34. The van der Waals surface area contributed by atoms with Crippen molar-refractivity contribution in [1.29, 1.82) is 0 Å². The van der Waals surface area contributed by atoms with Gasteiger partial charge in [-0.15, -0.1) is 0 Å². The first kappa shape index (κ1) is 27.9. The highest BCUT2D eigenvalue weighted by molar-refractivity contribution is 5.94. The maximum atomic E-state index is 11.7. The Balaban J connectivity index is 1.93. The summed E-state index contributed by atoms with van der Waals surface area (Å²) in [5.74, 6) is 0.0935. The Labute approximate surface area is 218 Å². The Hall–Kier alpha value is -2.71. The minimum atomic E-state index is -0.304. The van der Waals surface area contributed by atoms with Crippen LogP contribution in [0.2, 0.25) is 0 Å². The molecule has 0 fully saturated rings. The van der Waals surface area contributed by atoms with Gasteiger partial charge in [0.25, 0.3) is 0 Å². The van der Waals surface area contributed by atoms with E-state index in [0.717, 1.165) is 36.8 Å². The van der Waals surface area contributed by atoms with Crippen molar-refractivity contribution in [1.82, 2.24) is 0 Å². The van der Waals surface area contributed by atoms with E-state index in [-0.39, 0.29) is 22.7 Å². The van der Waals surface area contributed by atoms with Crippen LogP contribution >= 0.6 is 0 Å². The predicted octanol–water partition coefficient (Wildman–Crippen LogP) is 8.62. The first-order valence-corrected chi connectivity index (χ1v) is 13.4. The van der Waals surface area contributed by atoms with Crippen LogP contribution in [0.25, 0.3) is 11.1 Å². The van der Waals surface area contributed by atoms with Crippen molar-refractivity contribution in [3.63, 3.8) is 0 Å². The summed E-state index contributed by atoms with van der Waals surface area (Å²) >= 11 is 0. The molecule has 0 saturated heterocycles. The molecule has 1 unspecified atom stereocenters. The number of ketones is 1. The van der Waals surface area contributed by atoms with Gasteiger partial charge in [0.05, 0.1) is 6.10 Å². The van der Waals surface area contributed by atoms with E-state index in [9.17, 15) is 9.90 Å². The number of rotatable bonds is 9. The van der Waals surface area contributed by atoms with E-state index in [1.807, 2.05) is 24.3 Å². The molecule has 0 aliphatic heterocycles. The fourth-order valence-corrected chi connectivity index (χ4v) is 5.40. The van der Waals surface area contributed by atoms with E-state index in [0.29, 0.717) is 0 Å². The summed E-state index contributed by atoms with van der Waals surface area (Å²) in [5, 5.41) is 10.5. The topological polar surface area (TPSA) is 37.3 Å². The van der Waals surface area contributed by atoms with E-state index >= 15 is 0 Å². The van der Waals surface area contributed by atoms with Crippen molar-refractivity contribution in [3.8, 4) is 11.1 Å². The summed E-state index contributed by atoms with van der Waals surface area (Å²) in [4.78, 5) is 11.7. The van der Waals surface area contributed by atoms with E-state index < -0.39 is 0 Å². The zero-order valence-corrected chi connectivity index (χ0v) is 23.5. The SMILES string of the molecule is CCC(CC)(c1ccc(CCC(O)C(C)(C)C)c(C)c1)c1ccc(-c2ccc(C(C)=O)cc2)c(C)c1. The summed E-state index contributed by atoms with van der Waals surface area (Å²) < 4.78 is 0. The van der Waals surface area contributed by atoms with E-state index in [1.54, 1.807) is 6.92 Å². The van der Waals surface area contributed by atoms with Crippen molar-refractivity contribution >= 4 is 5.78 Å². The third-order valence-electron chi connectivity index (χ3n) is 8.17. The Morgan fingerprint density at radius 3 is 1.86 bits per heavy atom. The number of hydrogen-bond donors (Lipinski definition) is 1. The molecule has 0 spiro atoms. The van der Waals surface area contributed by atoms with Gasteiger partial charge in [0.1, 0.15) is 0 Å². The highest BCUT2D eigenvalue weighted by Gasteiger charge is 2.31. The lowest BCUT2D eigenvalue weighted by Crippen LogP contribution is -2.27. The second kappa shape index (κ2) is 11.1. The summed E-state index contributed by atoms with van der Waals surface area (Å²) in [7, 11) is 0. The number of aryl methyl sites for hydroxylation is 3. The standard InChI is InChI=1S/C34H44O2/c1-9-34(10-2,29-17-15-26(23(3)21-29)16-20-32(36)33(6,7)8)30-18-19-31(24(4)22-30)28-13-11-27(12-14-28)25(5)35/h11-15,17-19,21-22,32,36H,9-10,16,20H2,1-8H3. The highest BCUT2D eigenvalue weighted by Crippen LogP contribution is 2.41. The Morgan fingerprint density at radius 2 is 1.39 bits per heavy atom. The lowest BCUT2D eigenvalue weighted by atomic mass is 9.69. The van der Waals surface area contributed by atoms with Gasteiger partial charge in [0.2, 0.25) is 0 Å². The Kier molecular flexibility index (Phi) is 8.62. The van der Waals surface area contributed by atoms with Gasteiger partial charge in [-0.25, -0.2) is 0 Å². The van der Waals surface area contributed by atoms with Crippen LogP contribution in [0.1, 0.15) is 99.0 Å². The van der Waals surface area contributed by atoms with Gasteiger partial charge in [-0.1, -0.05) is 95.3 Å². The number of carbonyl (C=O) groups is 1. The van der Waals surface area contributed by atoms with Crippen molar-refractivity contribution in [2.45, 2.75) is 92.6 Å². The molecule has 1 N–H and O–H groups in total. The largest absolute Gasteiger partial charge is 0.393 e. The molecular weight excluding hydrogens is 440 g/mol. The van der Waals surface area contributed by atoms with Gasteiger partial charge < -0.3 is 5.11 Å². The van der Waals surface area contributed by atoms with Crippen molar-refractivity contribution in [2.75, 3.05) is 0 Å². The molecule has 192 valence electrons. The molecule has 0 heterocycles. The number of carbonyl (C=O) groups excluding carboxylic acids is 1. The zero-order valence-electron chi connectivity index (χ0n) is 23.5. The molecule has 3 aromatic rings. The number of aliphatic hydroxyl groups is 1. The van der Waals surface area contributed by atoms with E-state index in [1.165, 1.54) is 33.4 Å². The summed E-state index contributed by atoms with van der Waals surface area (Å²) in [6.45, 7) is 16.9. The van der Waals surface area contributed by atoms with Crippen LogP contribution in [0.4, 0.5) is 0 Å². The molecule has 0 saturated carbocycles. The molecule has 1 atom stereocenters. The monoisotopic (exact) mass is 484 g/mol. The van der Waals surface area contributed by atoms with Gasteiger partial charge in [-0.3, -0.25) is 4.79 Å². The summed E-state index contributed by atoms with van der Waals surface area (Å²) in [5.41, 5.74) is 9.55. The summed E-state index contributed by atoms with van der Waals surface area (Å²) in [6.07, 6.45) is 3.42. The van der Waals surface area contributed by atoms with Gasteiger partial charge in [-0.05, 0) is 90.8 Å². The average molecular weight is 485 g/mol. The van der Waals surface area contributed by atoms with Crippen molar-refractivity contribution in [2.24, 2.45) is 5.41 Å². The maximum absolute atomic E-state index is 11.7. The van der Waals surface area contributed by atoms with Crippen LogP contribution in [-0.4, -0.2) is 17.0 Å². The Bertz CT molecular complexity index is 1190. The van der Waals surface area contributed by atoms with Crippen LogP contribution in [0.5, 0.6) is 0 Å². The minimum Gasteiger partial charge on any atom is -0.393 e. The molecule has 2 nitrogen and oxygen atoms in total. The van der Waals surface area contributed by atoms with Gasteiger partial charge >= 0.3 is 0 Å². The zero-order chi connectivity index (χ0) is 26.7. The molecule has 0 aliphatic rings. The molecule has 36 heavy (non-hydrogen) atoms. The molecule has 0 bridgehead atoms. The lowest BCUT2D eigenvalue weighted by molar-refractivity contribution is 0.0559. The molecule has 2 heteroatoms. The van der Waals surface area contributed by atoms with Crippen LogP contribution in [0.3, 0.4) is 0 Å². The Morgan fingerprint density at radius 1 is 0.833 bits per heavy atom. The van der Waals surface area contributed by atoms with Crippen molar-refractivity contribution < 1.29 is 9.90 Å². The van der Waals surface area contributed by atoms with Crippen LogP contribution in [-0.2, 0) is 11.8 Å². The normalized spacial score (nSPS) is 13.0. The van der Waals surface area contributed by atoms with Gasteiger partial charge in [0.15, 0.2) is 5.78 Å².